The molecule has 0 aromatic heterocycles. The average Bonchev–Trinajstić information content (AvgIpc) is 3.02. The minimum atomic E-state index is -0.745. The molecule has 2 aromatic rings. The predicted molar refractivity (Wildman–Crippen MR) is 120 cm³/mol. The molecule has 2 unspecified atom stereocenters. The minimum Gasteiger partial charge on any atom is -0.497 e. The summed E-state index contributed by atoms with van der Waals surface area (Å²) in [4.78, 5) is 16.1. The number of nitrogens with one attached hydrogen (secondary N) is 1. The summed E-state index contributed by atoms with van der Waals surface area (Å²) in [5.74, 6) is 0.503. The third-order valence-corrected chi connectivity index (χ3v) is 7.54. The Morgan fingerprint density at radius 1 is 1.16 bits per heavy atom. The highest BCUT2D eigenvalue weighted by Crippen LogP contribution is 2.46. The lowest BCUT2D eigenvalue weighted by Gasteiger charge is -2.46. The number of amides is 1. The molecule has 0 aliphatic carbocycles. The van der Waals surface area contributed by atoms with Crippen LogP contribution in [0.4, 0.5) is 0 Å². The molecule has 2 heterocycles. The van der Waals surface area contributed by atoms with Gasteiger partial charge in [0.2, 0.25) is 0 Å². The lowest BCUT2D eigenvalue weighted by atomic mass is 9.96. The topological polar surface area (TPSA) is 74.3 Å². The number of piperazine rings is 1. The van der Waals surface area contributed by atoms with Gasteiger partial charge in [0.25, 0.3) is 5.91 Å². The molecule has 2 aliphatic rings. The van der Waals surface area contributed by atoms with E-state index in [4.69, 9.17) is 9.47 Å². The van der Waals surface area contributed by atoms with Crippen molar-refractivity contribution in [3.05, 3.63) is 48.5 Å². The van der Waals surface area contributed by atoms with Gasteiger partial charge in [-0.25, -0.2) is 9.79 Å². The van der Waals surface area contributed by atoms with Gasteiger partial charge >= 0.3 is 0 Å². The fourth-order valence-electron chi connectivity index (χ4n) is 4.58. The first-order valence-corrected chi connectivity index (χ1v) is 11.2. The molecule has 2 saturated heterocycles. The van der Waals surface area contributed by atoms with Crippen LogP contribution < -0.4 is 10.2 Å². The monoisotopic (exact) mass is 443 g/mol. The molecule has 0 spiro atoms. The van der Waals surface area contributed by atoms with Crippen molar-refractivity contribution >= 4 is 17.9 Å². The van der Waals surface area contributed by atoms with Gasteiger partial charge in [0, 0.05) is 37.7 Å². The molecule has 7 nitrogen and oxygen atoms in total. The number of carbonyl (C=O) groups excluding carboxylic acids is 1. The number of benzene rings is 2. The molecular formula is C23H29N3O4S. The van der Waals surface area contributed by atoms with Crippen LogP contribution in [0, 0.1) is 0 Å². The maximum atomic E-state index is 12.8. The summed E-state index contributed by atoms with van der Waals surface area (Å²) in [6, 6.07) is 16.6. The third kappa shape index (κ3) is 4.44. The zero-order chi connectivity index (χ0) is 21.8. The van der Waals surface area contributed by atoms with Gasteiger partial charge in [-0.3, -0.25) is 14.9 Å². The van der Waals surface area contributed by atoms with Crippen LogP contribution in [-0.4, -0.2) is 72.4 Å². The quantitative estimate of drug-likeness (QED) is 0.369. The first-order chi connectivity index (χ1) is 15.1. The minimum absolute atomic E-state index is 0.245. The first kappa shape index (κ1) is 22.1. The molecule has 2 atom stereocenters. The highest BCUT2D eigenvalue weighted by molar-refractivity contribution is 7.97. The van der Waals surface area contributed by atoms with E-state index in [9.17, 15) is 10.0 Å². The summed E-state index contributed by atoms with van der Waals surface area (Å²) in [6.07, 6.45) is 1.65. The van der Waals surface area contributed by atoms with Crippen LogP contribution in [0.15, 0.2) is 53.4 Å². The number of nitrogens with zero attached hydrogens (tertiary/aromatic N) is 2. The Balaban J connectivity index is 1.51. The molecule has 2 bridgehead atoms. The molecule has 31 heavy (non-hydrogen) atoms. The first-order valence-electron chi connectivity index (χ1n) is 10.5. The van der Waals surface area contributed by atoms with E-state index < -0.39 is 5.54 Å². The highest BCUT2D eigenvalue weighted by Gasteiger charge is 2.56. The van der Waals surface area contributed by atoms with Crippen LogP contribution in [-0.2, 0) is 9.53 Å². The molecular weight excluding hydrogens is 414 g/mol. The van der Waals surface area contributed by atoms with E-state index in [0.29, 0.717) is 13.2 Å². The van der Waals surface area contributed by atoms with Crippen LogP contribution in [0.25, 0.3) is 11.1 Å². The number of fused-ring (bicyclic) bond motifs is 2. The van der Waals surface area contributed by atoms with Crippen LogP contribution in [0.1, 0.15) is 12.8 Å². The van der Waals surface area contributed by atoms with Crippen molar-refractivity contribution in [3.8, 4) is 16.9 Å². The second kappa shape index (κ2) is 9.58. The Bertz CT molecular complexity index is 893. The molecule has 2 aromatic carbocycles. The summed E-state index contributed by atoms with van der Waals surface area (Å²) in [5.41, 5.74) is 3.43. The summed E-state index contributed by atoms with van der Waals surface area (Å²) in [5, 5.41) is 9.46. The average molecular weight is 444 g/mol. The van der Waals surface area contributed by atoms with Crippen molar-refractivity contribution in [3.63, 3.8) is 0 Å². The largest absolute Gasteiger partial charge is 0.497 e. The molecule has 8 heteroatoms. The normalized spacial score (nSPS) is 23.6. The van der Waals surface area contributed by atoms with Crippen molar-refractivity contribution in [2.45, 2.75) is 29.3 Å². The number of ether oxygens (including phenoxy) is 2. The van der Waals surface area contributed by atoms with E-state index in [0.717, 1.165) is 47.7 Å². The molecule has 1 amide bonds. The Labute approximate surface area is 187 Å². The number of likely N-dealkylation sites (tertiary alicyclic amines) is 1. The summed E-state index contributed by atoms with van der Waals surface area (Å²) in [7, 11) is 3.35. The van der Waals surface area contributed by atoms with E-state index in [-0.39, 0.29) is 11.9 Å². The molecule has 2 aliphatic heterocycles. The van der Waals surface area contributed by atoms with E-state index in [1.165, 1.54) is 0 Å². The number of rotatable bonds is 8. The number of hydrogen-bond acceptors (Lipinski definition) is 7. The molecule has 2 fully saturated rings. The van der Waals surface area contributed by atoms with Crippen molar-refractivity contribution in [2.24, 2.45) is 0 Å². The standard InChI is InChI=1S/C23H29N3O4S/c1-29-14-13-25-15-19-11-12-23(16-25,22(27)24-28)26(19)31-21-9-5-18(6-10-21)17-3-7-20(30-2)8-4-17/h3-10,19,28H,11-16H2,1-2H3,(H,24,27). The molecule has 4 rings (SSSR count). The zero-order valence-electron chi connectivity index (χ0n) is 17.9. The van der Waals surface area contributed by atoms with Crippen molar-refractivity contribution in [1.82, 2.24) is 14.7 Å². The fraction of sp³-hybridized carbons (Fsp3) is 0.435. The van der Waals surface area contributed by atoms with E-state index in [1.807, 2.05) is 29.7 Å². The van der Waals surface area contributed by atoms with Crippen molar-refractivity contribution in [2.75, 3.05) is 40.5 Å². The Hall–Kier alpha value is -2.10. The molecule has 0 radical (unpaired) electrons. The van der Waals surface area contributed by atoms with Crippen molar-refractivity contribution in [1.29, 1.82) is 0 Å². The maximum Gasteiger partial charge on any atom is 0.266 e. The fourth-order valence-corrected chi connectivity index (χ4v) is 5.79. The van der Waals surface area contributed by atoms with Crippen LogP contribution in [0.3, 0.4) is 0 Å². The SMILES string of the molecule is COCCN1CC2CCC(C(=O)NO)(C1)N2Sc1ccc(-c2ccc(OC)cc2)cc1. The van der Waals surface area contributed by atoms with Gasteiger partial charge in [-0.1, -0.05) is 24.3 Å². The van der Waals surface area contributed by atoms with E-state index in [1.54, 1.807) is 26.2 Å². The van der Waals surface area contributed by atoms with Crippen LogP contribution >= 0.6 is 11.9 Å². The van der Waals surface area contributed by atoms with E-state index in [2.05, 4.69) is 33.5 Å². The lowest BCUT2D eigenvalue weighted by molar-refractivity contribution is -0.141. The van der Waals surface area contributed by atoms with Gasteiger partial charge in [-0.05, 0) is 60.2 Å². The van der Waals surface area contributed by atoms with Gasteiger partial charge in [-0.2, -0.15) is 0 Å². The van der Waals surface area contributed by atoms with Crippen LogP contribution in [0.2, 0.25) is 0 Å². The Kier molecular flexibility index (Phi) is 6.83. The maximum absolute atomic E-state index is 12.8. The highest BCUT2D eigenvalue weighted by atomic mass is 32.2. The Morgan fingerprint density at radius 3 is 2.45 bits per heavy atom. The Morgan fingerprint density at radius 2 is 1.84 bits per heavy atom. The van der Waals surface area contributed by atoms with E-state index >= 15 is 0 Å². The second-order valence-corrected chi connectivity index (χ2v) is 9.11. The molecule has 166 valence electrons. The number of hydrogen-bond donors (Lipinski definition) is 2. The predicted octanol–water partition coefficient (Wildman–Crippen LogP) is 3.04. The van der Waals surface area contributed by atoms with Gasteiger partial charge in [-0.15, -0.1) is 0 Å². The van der Waals surface area contributed by atoms with Gasteiger partial charge in [0.05, 0.1) is 13.7 Å². The van der Waals surface area contributed by atoms with Gasteiger partial charge in [0.1, 0.15) is 11.3 Å². The summed E-state index contributed by atoms with van der Waals surface area (Å²) in [6.45, 7) is 2.88. The zero-order valence-corrected chi connectivity index (χ0v) is 18.7. The smallest absolute Gasteiger partial charge is 0.266 e. The lowest BCUT2D eigenvalue weighted by Crippen LogP contribution is -2.65. The second-order valence-electron chi connectivity index (χ2n) is 8.06. The third-order valence-electron chi connectivity index (χ3n) is 6.22. The molecule has 2 N–H and O–H groups in total. The summed E-state index contributed by atoms with van der Waals surface area (Å²) < 4.78 is 12.7. The van der Waals surface area contributed by atoms with Crippen molar-refractivity contribution < 1.29 is 19.5 Å². The van der Waals surface area contributed by atoms with Crippen LogP contribution in [0.5, 0.6) is 5.75 Å². The van der Waals surface area contributed by atoms with Gasteiger partial charge in [0.15, 0.2) is 0 Å². The number of methoxy groups -OCH3 is 2. The number of carbonyl (C=O) groups is 1. The van der Waals surface area contributed by atoms with Gasteiger partial charge < -0.3 is 9.47 Å². The number of hydroxylamine groups is 1. The summed E-state index contributed by atoms with van der Waals surface area (Å²) >= 11 is 1.61. The molecule has 0 saturated carbocycles.